The van der Waals surface area contributed by atoms with Crippen molar-refractivity contribution in [3.8, 4) is 0 Å². The molecule has 0 aliphatic carbocycles. The molecule has 1 N–H and O–H groups in total. The molecule has 0 atom stereocenters. The lowest BCUT2D eigenvalue weighted by Crippen LogP contribution is -2.18. The molecule has 0 saturated heterocycles. The Morgan fingerprint density at radius 1 is 0.833 bits per heavy atom. The minimum Gasteiger partial charge on any atom is -0.396 e. The zero-order valence-electron chi connectivity index (χ0n) is 10.2. The summed E-state index contributed by atoms with van der Waals surface area (Å²) >= 11 is 0. The molecular formula is C15H17O2P. The Bertz CT molecular complexity index is 479. The molecule has 2 nitrogen and oxygen atoms in total. The molecule has 2 aromatic rings. The highest BCUT2D eigenvalue weighted by atomic mass is 31.2. The van der Waals surface area contributed by atoms with Crippen LogP contribution in [0.15, 0.2) is 60.7 Å². The van der Waals surface area contributed by atoms with Crippen molar-refractivity contribution in [2.24, 2.45) is 0 Å². The van der Waals surface area contributed by atoms with Gasteiger partial charge in [-0.05, 0) is 6.42 Å². The van der Waals surface area contributed by atoms with Crippen LogP contribution in [-0.2, 0) is 4.57 Å². The molecule has 2 rings (SSSR count). The van der Waals surface area contributed by atoms with Crippen LogP contribution >= 0.6 is 7.14 Å². The van der Waals surface area contributed by atoms with E-state index in [1.165, 1.54) is 0 Å². The largest absolute Gasteiger partial charge is 0.396 e. The molecule has 0 heterocycles. The van der Waals surface area contributed by atoms with Gasteiger partial charge in [-0.15, -0.1) is 0 Å². The summed E-state index contributed by atoms with van der Waals surface area (Å²) in [5.74, 6) is 0. The number of rotatable bonds is 5. The minimum absolute atomic E-state index is 0.0731. The second kappa shape index (κ2) is 5.99. The van der Waals surface area contributed by atoms with Gasteiger partial charge in [-0.25, -0.2) is 0 Å². The Labute approximate surface area is 108 Å². The van der Waals surface area contributed by atoms with Gasteiger partial charge in [0.2, 0.25) is 0 Å². The van der Waals surface area contributed by atoms with Crippen molar-refractivity contribution in [3.63, 3.8) is 0 Å². The summed E-state index contributed by atoms with van der Waals surface area (Å²) < 4.78 is 13.3. The Balaban J connectivity index is 2.45. The van der Waals surface area contributed by atoms with Crippen molar-refractivity contribution in [3.05, 3.63) is 60.7 Å². The Hall–Kier alpha value is -1.37. The summed E-state index contributed by atoms with van der Waals surface area (Å²) in [5, 5.41) is 10.7. The van der Waals surface area contributed by atoms with Crippen LogP contribution in [0.25, 0.3) is 0 Å². The van der Waals surface area contributed by atoms with E-state index in [9.17, 15) is 4.57 Å². The van der Waals surface area contributed by atoms with Gasteiger partial charge in [0.05, 0.1) is 0 Å². The van der Waals surface area contributed by atoms with Gasteiger partial charge in [0.1, 0.15) is 7.14 Å². The van der Waals surface area contributed by atoms with E-state index < -0.39 is 7.14 Å². The summed E-state index contributed by atoms with van der Waals surface area (Å²) in [6.45, 7) is 0.0731. The zero-order valence-corrected chi connectivity index (χ0v) is 11.1. The summed E-state index contributed by atoms with van der Waals surface area (Å²) in [7, 11) is -2.60. The van der Waals surface area contributed by atoms with Crippen molar-refractivity contribution in [1.29, 1.82) is 0 Å². The quantitative estimate of drug-likeness (QED) is 0.838. The molecule has 0 radical (unpaired) electrons. The maximum Gasteiger partial charge on any atom is 0.143 e. The van der Waals surface area contributed by atoms with Gasteiger partial charge in [-0.1, -0.05) is 60.7 Å². The highest BCUT2D eigenvalue weighted by Gasteiger charge is 2.25. The van der Waals surface area contributed by atoms with E-state index in [2.05, 4.69) is 0 Å². The monoisotopic (exact) mass is 260 g/mol. The first-order valence-corrected chi connectivity index (χ1v) is 7.98. The van der Waals surface area contributed by atoms with Gasteiger partial charge >= 0.3 is 0 Å². The fourth-order valence-corrected chi connectivity index (χ4v) is 4.75. The third-order valence-corrected chi connectivity index (χ3v) is 6.19. The molecule has 18 heavy (non-hydrogen) atoms. The second-order valence-electron chi connectivity index (χ2n) is 4.21. The van der Waals surface area contributed by atoms with Crippen LogP contribution < -0.4 is 10.6 Å². The van der Waals surface area contributed by atoms with E-state index in [1.807, 2.05) is 60.7 Å². The lowest BCUT2D eigenvalue weighted by molar-refractivity contribution is 0.295. The zero-order chi connectivity index (χ0) is 12.8. The molecule has 0 bridgehead atoms. The highest BCUT2D eigenvalue weighted by Crippen LogP contribution is 2.43. The van der Waals surface area contributed by atoms with Crippen LogP contribution in [0.1, 0.15) is 6.42 Å². The lowest BCUT2D eigenvalue weighted by Gasteiger charge is -2.18. The van der Waals surface area contributed by atoms with Gasteiger partial charge in [0, 0.05) is 23.4 Å². The first-order valence-electron chi connectivity index (χ1n) is 6.08. The molecule has 0 unspecified atom stereocenters. The van der Waals surface area contributed by atoms with Crippen LogP contribution in [0.2, 0.25) is 0 Å². The van der Waals surface area contributed by atoms with Crippen molar-refractivity contribution in [2.75, 3.05) is 12.8 Å². The van der Waals surface area contributed by atoms with E-state index in [0.717, 1.165) is 10.6 Å². The molecule has 3 heteroatoms. The van der Waals surface area contributed by atoms with Crippen molar-refractivity contribution in [2.45, 2.75) is 6.42 Å². The van der Waals surface area contributed by atoms with Gasteiger partial charge in [0.15, 0.2) is 0 Å². The summed E-state index contributed by atoms with van der Waals surface area (Å²) in [4.78, 5) is 0. The average Bonchev–Trinajstić information content (AvgIpc) is 2.46. The third-order valence-electron chi connectivity index (χ3n) is 2.98. The van der Waals surface area contributed by atoms with Gasteiger partial charge in [-0.2, -0.15) is 0 Å². The van der Waals surface area contributed by atoms with E-state index in [4.69, 9.17) is 5.11 Å². The lowest BCUT2D eigenvalue weighted by atomic mass is 10.4. The first kappa shape index (κ1) is 13.1. The topological polar surface area (TPSA) is 37.3 Å². The van der Waals surface area contributed by atoms with Gasteiger partial charge < -0.3 is 9.67 Å². The van der Waals surface area contributed by atoms with Crippen LogP contribution in [0.4, 0.5) is 0 Å². The summed E-state index contributed by atoms with van der Waals surface area (Å²) in [6.07, 6.45) is 1.07. The maximum atomic E-state index is 13.3. The molecule has 0 fully saturated rings. The first-order chi connectivity index (χ1) is 8.77. The predicted molar refractivity (Wildman–Crippen MR) is 76.3 cm³/mol. The molecule has 2 aromatic carbocycles. The fourth-order valence-electron chi connectivity index (χ4n) is 2.04. The van der Waals surface area contributed by atoms with Crippen LogP contribution in [0.5, 0.6) is 0 Å². The Kier molecular flexibility index (Phi) is 4.35. The smallest absolute Gasteiger partial charge is 0.143 e. The Morgan fingerprint density at radius 2 is 1.28 bits per heavy atom. The number of aliphatic hydroxyl groups excluding tert-OH is 1. The number of benzene rings is 2. The molecule has 0 aliphatic heterocycles. The number of aliphatic hydroxyl groups is 1. The number of hydrogen-bond donors (Lipinski definition) is 1. The predicted octanol–water partition coefficient (Wildman–Crippen LogP) is 2.38. The normalized spacial score (nSPS) is 11.4. The van der Waals surface area contributed by atoms with E-state index in [0.29, 0.717) is 12.6 Å². The van der Waals surface area contributed by atoms with Crippen LogP contribution in [0, 0.1) is 0 Å². The van der Waals surface area contributed by atoms with Gasteiger partial charge in [-0.3, -0.25) is 0 Å². The average molecular weight is 260 g/mol. The van der Waals surface area contributed by atoms with Crippen LogP contribution in [-0.4, -0.2) is 17.9 Å². The van der Waals surface area contributed by atoms with Gasteiger partial charge in [0.25, 0.3) is 0 Å². The maximum absolute atomic E-state index is 13.3. The molecular weight excluding hydrogens is 243 g/mol. The standard InChI is InChI=1S/C15H17O2P/c16-12-7-13-18(17,14-8-3-1-4-9-14)15-10-5-2-6-11-15/h1-6,8-11,16H,7,12-13H2. The van der Waals surface area contributed by atoms with Crippen LogP contribution in [0.3, 0.4) is 0 Å². The third kappa shape index (κ3) is 2.72. The van der Waals surface area contributed by atoms with Crippen molar-refractivity contribution in [1.82, 2.24) is 0 Å². The summed E-state index contributed by atoms with van der Waals surface area (Å²) in [5.41, 5.74) is 0. The van der Waals surface area contributed by atoms with Crippen molar-refractivity contribution >= 4 is 17.8 Å². The fraction of sp³-hybridized carbons (Fsp3) is 0.200. The van der Waals surface area contributed by atoms with E-state index >= 15 is 0 Å². The van der Waals surface area contributed by atoms with Crippen molar-refractivity contribution < 1.29 is 9.67 Å². The highest BCUT2D eigenvalue weighted by molar-refractivity contribution is 7.78. The Morgan fingerprint density at radius 3 is 1.67 bits per heavy atom. The second-order valence-corrected chi connectivity index (χ2v) is 7.17. The van der Waals surface area contributed by atoms with E-state index in [1.54, 1.807) is 0 Å². The molecule has 0 aromatic heterocycles. The SMILES string of the molecule is O=P(CCCO)(c1ccccc1)c1ccccc1. The molecule has 0 spiro atoms. The minimum atomic E-state index is -2.60. The molecule has 94 valence electrons. The van der Waals surface area contributed by atoms with E-state index in [-0.39, 0.29) is 6.61 Å². The molecule has 0 aliphatic rings. The molecule has 0 saturated carbocycles. The molecule has 0 amide bonds. The summed E-state index contributed by atoms with van der Waals surface area (Å²) in [6, 6.07) is 19.1. The number of hydrogen-bond acceptors (Lipinski definition) is 2.